The van der Waals surface area contributed by atoms with E-state index in [0.29, 0.717) is 6.04 Å². The number of hydrogen-bond donors (Lipinski definition) is 1. The summed E-state index contributed by atoms with van der Waals surface area (Å²) in [7, 11) is 0. The fourth-order valence-corrected chi connectivity index (χ4v) is 1.38. The Morgan fingerprint density at radius 1 is 1.73 bits per heavy atom. The summed E-state index contributed by atoms with van der Waals surface area (Å²) in [5.74, 6) is 0.0861. The van der Waals surface area contributed by atoms with Gasteiger partial charge in [-0.2, -0.15) is 0 Å². The zero-order valence-electron chi connectivity index (χ0n) is 7.18. The molecule has 1 unspecified atom stereocenters. The third-order valence-corrected chi connectivity index (χ3v) is 2.05. The Bertz CT molecular complexity index is 184. The molecule has 0 aromatic heterocycles. The maximum absolute atomic E-state index is 10.7. The Morgan fingerprint density at radius 2 is 2.45 bits per heavy atom. The van der Waals surface area contributed by atoms with E-state index in [9.17, 15) is 4.79 Å². The van der Waals surface area contributed by atoms with Crippen LogP contribution >= 0.6 is 0 Å². The summed E-state index contributed by atoms with van der Waals surface area (Å²) in [6, 6.07) is 0.385. The van der Waals surface area contributed by atoms with Crippen LogP contribution in [0.4, 0.5) is 0 Å². The van der Waals surface area contributed by atoms with Gasteiger partial charge in [-0.25, -0.2) is 0 Å². The molecule has 11 heavy (non-hydrogen) atoms. The molecule has 62 valence electrons. The van der Waals surface area contributed by atoms with Crippen LogP contribution in [0.2, 0.25) is 0 Å². The van der Waals surface area contributed by atoms with Gasteiger partial charge in [-0.15, -0.1) is 0 Å². The van der Waals surface area contributed by atoms with Crippen LogP contribution < -0.4 is 5.32 Å². The molecule has 1 aliphatic rings. The van der Waals surface area contributed by atoms with Gasteiger partial charge in [0.1, 0.15) is 0 Å². The molecule has 0 heterocycles. The predicted octanol–water partition coefficient (Wildman–Crippen LogP) is 1.62. The molecule has 0 saturated heterocycles. The molecule has 0 spiro atoms. The zero-order chi connectivity index (χ0) is 8.27. The normalized spacial score (nSPS) is 24.2. The van der Waals surface area contributed by atoms with E-state index in [2.05, 4.69) is 18.3 Å². The highest BCUT2D eigenvalue weighted by Crippen LogP contribution is 2.16. The minimum absolute atomic E-state index is 0.0861. The molecule has 2 heteroatoms. The van der Waals surface area contributed by atoms with Crippen molar-refractivity contribution < 1.29 is 4.79 Å². The van der Waals surface area contributed by atoms with Crippen molar-refractivity contribution in [1.29, 1.82) is 0 Å². The van der Waals surface area contributed by atoms with E-state index in [1.807, 2.05) is 0 Å². The fourth-order valence-electron chi connectivity index (χ4n) is 1.38. The van der Waals surface area contributed by atoms with E-state index in [1.54, 1.807) is 6.92 Å². The number of nitrogens with one attached hydrogen (secondary N) is 1. The summed E-state index contributed by atoms with van der Waals surface area (Å²) in [6.07, 6.45) is 5.45. The van der Waals surface area contributed by atoms with Crippen molar-refractivity contribution in [3.63, 3.8) is 0 Å². The van der Waals surface area contributed by atoms with Crippen molar-refractivity contribution in [2.24, 2.45) is 0 Å². The summed E-state index contributed by atoms with van der Waals surface area (Å²) in [5, 5.41) is 2.92. The molecule has 0 aromatic carbocycles. The Morgan fingerprint density at radius 3 is 2.91 bits per heavy atom. The maximum Gasteiger partial charge on any atom is 0.217 e. The molecular weight excluding hydrogens is 138 g/mol. The third kappa shape index (κ3) is 2.74. The van der Waals surface area contributed by atoms with Crippen molar-refractivity contribution in [2.75, 3.05) is 0 Å². The van der Waals surface area contributed by atoms with Crippen molar-refractivity contribution >= 4 is 5.91 Å². The van der Waals surface area contributed by atoms with E-state index < -0.39 is 0 Å². The summed E-state index contributed by atoms with van der Waals surface area (Å²) >= 11 is 0. The van der Waals surface area contributed by atoms with Crippen LogP contribution in [0.1, 0.15) is 33.1 Å². The van der Waals surface area contributed by atoms with Gasteiger partial charge in [0.25, 0.3) is 0 Å². The first-order valence-electron chi connectivity index (χ1n) is 4.11. The van der Waals surface area contributed by atoms with Gasteiger partial charge in [0, 0.05) is 13.0 Å². The molecule has 1 atom stereocenters. The van der Waals surface area contributed by atoms with Crippen molar-refractivity contribution in [1.82, 2.24) is 5.32 Å². The highest BCUT2D eigenvalue weighted by molar-refractivity contribution is 5.73. The van der Waals surface area contributed by atoms with Gasteiger partial charge in [-0.1, -0.05) is 11.6 Å². The lowest BCUT2D eigenvalue weighted by atomic mass is 9.96. The van der Waals surface area contributed by atoms with E-state index in [1.165, 1.54) is 5.57 Å². The molecule has 0 bridgehead atoms. The number of hydrogen-bond acceptors (Lipinski definition) is 1. The molecule has 1 amide bonds. The first kappa shape index (κ1) is 8.31. The highest BCUT2D eigenvalue weighted by Gasteiger charge is 2.12. The summed E-state index contributed by atoms with van der Waals surface area (Å²) in [4.78, 5) is 10.7. The SMILES string of the molecule is CC(=O)NC1CC=C(C)CC1. The Labute approximate surface area is 67.7 Å². The minimum atomic E-state index is 0.0861. The Kier molecular flexibility index (Phi) is 2.69. The Balaban J connectivity index is 2.35. The van der Waals surface area contributed by atoms with Gasteiger partial charge >= 0.3 is 0 Å². The molecule has 1 rings (SSSR count). The number of carbonyl (C=O) groups excluding carboxylic acids is 1. The smallest absolute Gasteiger partial charge is 0.217 e. The van der Waals surface area contributed by atoms with Gasteiger partial charge in [0.15, 0.2) is 0 Å². The van der Waals surface area contributed by atoms with Crippen LogP contribution in [0.15, 0.2) is 11.6 Å². The predicted molar refractivity (Wildman–Crippen MR) is 45.2 cm³/mol. The molecule has 1 aliphatic carbocycles. The first-order chi connectivity index (χ1) is 5.18. The molecule has 0 radical (unpaired) electrons. The molecule has 0 saturated carbocycles. The topological polar surface area (TPSA) is 29.1 Å². The minimum Gasteiger partial charge on any atom is -0.353 e. The van der Waals surface area contributed by atoms with Gasteiger partial charge in [-0.3, -0.25) is 4.79 Å². The fraction of sp³-hybridized carbons (Fsp3) is 0.667. The molecule has 0 fully saturated rings. The third-order valence-electron chi connectivity index (χ3n) is 2.05. The quantitative estimate of drug-likeness (QED) is 0.570. The standard InChI is InChI=1S/C9H15NO/c1-7-3-5-9(6-4-7)10-8(2)11/h3,9H,4-6H2,1-2H3,(H,10,11). The lowest BCUT2D eigenvalue weighted by Gasteiger charge is -2.20. The van der Waals surface area contributed by atoms with Crippen molar-refractivity contribution in [2.45, 2.75) is 39.2 Å². The highest BCUT2D eigenvalue weighted by atomic mass is 16.1. The molecule has 1 N–H and O–H groups in total. The van der Waals surface area contributed by atoms with Crippen molar-refractivity contribution in [3.05, 3.63) is 11.6 Å². The number of allylic oxidation sites excluding steroid dienone is 1. The van der Waals surface area contributed by atoms with Gasteiger partial charge in [0.2, 0.25) is 5.91 Å². The van der Waals surface area contributed by atoms with Crippen LogP contribution in [0.25, 0.3) is 0 Å². The summed E-state index contributed by atoms with van der Waals surface area (Å²) in [6.45, 7) is 3.72. The van der Waals surface area contributed by atoms with Gasteiger partial charge in [-0.05, 0) is 26.2 Å². The van der Waals surface area contributed by atoms with Crippen LogP contribution in [-0.2, 0) is 4.79 Å². The molecular formula is C9H15NO. The van der Waals surface area contributed by atoms with E-state index >= 15 is 0 Å². The molecule has 0 aliphatic heterocycles. The molecule has 0 aromatic rings. The van der Waals surface area contributed by atoms with Gasteiger partial charge in [0.05, 0.1) is 0 Å². The maximum atomic E-state index is 10.7. The first-order valence-corrected chi connectivity index (χ1v) is 4.11. The van der Waals surface area contributed by atoms with Crippen LogP contribution in [0, 0.1) is 0 Å². The van der Waals surface area contributed by atoms with Crippen LogP contribution in [0.5, 0.6) is 0 Å². The number of carbonyl (C=O) groups is 1. The Hall–Kier alpha value is -0.790. The lowest BCUT2D eigenvalue weighted by Crippen LogP contribution is -2.33. The van der Waals surface area contributed by atoms with E-state index in [4.69, 9.17) is 0 Å². The van der Waals surface area contributed by atoms with Gasteiger partial charge < -0.3 is 5.32 Å². The molecule has 2 nitrogen and oxygen atoms in total. The van der Waals surface area contributed by atoms with Crippen molar-refractivity contribution in [3.8, 4) is 0 Å². The van der Waals surface area contributed by atoms with Crippen LogP contribution in [0.3, 0.4) is 0 Å². The summed E-state index contributed by atoms with van der Waals surface area (Å²) in [5.41, 5.74) is 1.45. The second-order valence-electron chi connectivity index (χ2n) is 3.22. The largest absolute Gasteiger partial charge is 0.353 e. The second kappa shape index (κ2) is 3.56. The zero-order valence-corrected chi connectivity index (χ0v) is 7.18. The second-order valence-corrected chi connectivity index (χ2v) is 3.22. The monoisotopic (exact) mass is 153 g/mol. The summed E-state index contributed by atoms with van der Waals surface area (Å²) < 4.78 is 0. The van der Waals surface area contributed by atoms with E-state index in [-0.39, 0.29) is 5.91 Å². The number of rotatable bonds is 1. The number of amides is 1. The average molecular weight is 153 g/mol. The lowest BCUT2D eigenvalue weighted by molar-refractivity contribution is -0.119. The average Bonchev–Trinajstić information content (AvgIpc) is 1.93. The van der Waals surface area contributed by atoms with E-state index in [0.717, 1.165) is 19.3 Å². The van der Waals surface area contributed by atoms with Crippen LogP contribution in [-0.4, -0.2) is 11.9 Å².